The second-order valence-corrected chi connectivity index (χ2v) is 7.37. The molecule has 0 aromatic heterocycles. The maximum Gasteiger partial charge on any atom is 0.184 e. The van der Waals surface area contributed by atoms with Crippen LogP contribution in [-0.4, -0.2) is 34.8 Å². The first-order chi connectivity index (χ1) is 14.7. The van der Waals surface area contributed by atoms with Crippen LogP contribution in [0.4, 0.5) is 0 Å². The van der Waals surface area contributed by atoms with Crippen molar-refractivity contribution in [3.8, 4) is 0 Å². The first-order valence-electron chi connectivity index (χ1n) is 10.1. The summed E-state index contributed by atoms with van der Waals surface area (Å²) in [5.41, 5.74) is 2.90. The summed E-state index contributed by atoms with van der Waals surface area (Å²) < 4.78 is 18.0. The number of ether oxygens (including phenoxy) is 3. The van der Waals surface area contributed by atoms with Gasteiger partial charge in [0.2, 0.25) is 0 Å². The Hall–Kier alpha value is -2.54. The predicted molar refractivity (Wildman–Crippen MR) is 112 cm³/mol. The summed E-state index contributed by atoms with van der Waals surface area (Å²) >= 11 is 0. The highest BCUT2D eigenvalue weighted by Crippen LogP contribution is 2.35. The van der Waals surface area contributed by atoms with Gasteiger partial charge in [-0.05, 0) is 16.7 Å². The number of hydrogen-bond acceptors (Lipinski definition) is 5. The summed E-state index contributed by atoms with van der Waals surface area (Å²) in [6, 6.07) is 29.2. The zero-order valence-corrected chi connectivity index (χ0v) is 16.6. The molecule has 1 unspecified atom stereocenters. The third-order valence-corrected chi connectivity index (χ3v) is 5.23. The fraction of sp³-hybridized carbons (Fsp3) is 0.280. The van der Waals surface area contributed by atoms with Crippen molar-refractivity contribution in [2.45, 2.75) is 43.9 Å². The highest BCUT2D eigenvalue weighted by Gasteiger charge is 2.48. The van der Waals surface area contributed by atoms with Crippen LogP contribution in [0.5, 0.6) is 0 Å². The molecule has 0 amide bonds. The minimum atomic E-state index is -1.33. The molecule has 5 atom stereocenters. The van der Waals surface area contributed by atoms with Gasteiger partial charge in [-0.15, -0.1) is 0 Å². The van der Waals surface area contributed by atoms with Crippen molar-refractivity contribution in [3.63, 3.8) is 0 Å². The minimum absolute atomic E-state index is 0.301. The maximum atomic E-state index is 10.5. The van der Waals surface area contributed by atoms with E-state index in [4.69, 9.17) is 14.2 Å². The fourth-order valence-electron chi connectivity index (χ4n) is 3.66. The predicted octanol–water partition coefficient (Wildman–Crippen LogP) is 3.61. The second kappa shape index (κ2) is 9.98. The second-order valence-electron chi connectivity index (χ2n) is 7.37. The van der Waals surface area contributed by atoms with Crippen LogP contribution in [-0.2, 0) is 27.4 Å². The zero-order valence-electron chi connectivity index (χ0n) is 16.6. The van der Waals surface area contributed by atoms with Crippen LogP contribution in [0.2, 0.25) is 0 Å². The average Bonchev–Trinajstić information content (AvgIpc) is 3.08. The number of rotatable bonds is 8. The average molecular weight is 406 g/mol. The van der Waals surface area contributed by atoms with Crippen LogP contribution in [0.15, 0.2) is 91.0 Å². The Kier molecular flexibility index (Phi) is 6.89. The van der Waals surface area contributed by atoms with Crippen molar-refractivity contribution >= 4 is 0 Å². The van der Waals surface area contributed by atoms with Crippen molar-refractivity contribution in [3.05, 3.63) is 108 Å². The lowest BCUT2D eigenvalue weighted by Gasteiger charge is -2.29. The zero-order chi connectivity index (χ0) is 20.8. The normalized spacial score (nSPS) is 24.6. The van der Waals surface area contributed by atoms with E-state index in [2.05, 4.69) is 0 Å². The number of hydrogen-bond donors (Lipinski definition) is 2. The SMILES string of the molecule is OC1O[C@H]([C@H](OCc2ccccc2)c2ccccc2)[C@H](OCc2ccccc2)[C@H]1O. The summed E-state index contributed by atoms with van der Waals surface area (Å²) in [5, 5.41) is 20.7. The summed E-state index contributed by atoms with van der Waals surface area (Å²) in [6.45, 7) is 0.674. The Morgan fingerprint density at radius 2 is 1.27 bits per heavy atom. The highest BCUT2D eigenvalue weighted by atomic mass is 16.7. The van der Waals surface area contributed by atoms with E-state index in [9.17, 15) is 10.2 Å². The molecule has 156 valence electrons. The van der Waals surface area contributed by atoms with Gasteiger partial charge in [0, 0.05) is 0 Å². The number of aliphatic hydroxyl groups is 2. The summed E-state index contributed by atoms with van der Waals surface area (Å²) in [6.07, 6.45) is -4.41. The van der Waals surface area contributed by atoms with E-state index in [1.165, 1.54) is 0 Å². The van der Waals surface area contributed by atoms with E-state index >= 15 is 0 Å². The van der Waals surface area contributed by atoms with E-state index in [1.54, 1.807) is 0 Å². The Bertz CT molecular complexity index is 887. The molecule has 5 heteroatoms. The van der Waals surface area contributed by atoms with Gasteiger partial charge in [-0.25, -0.2) is 0 Å². The third kappa shape index (κ3) is 4.95. The van der Waals surface area contributed by atoms with Gasteiger partial charge in [0.1, 0.15) is 24.4 Å². The van der Waals surface area contributed by atoms with Gasteiger partial charge < -0.3 is 24.4 Å². The molecule has 1 aliphatic rings. The van der Waals surface area contributed by atoms with Crippen molar-refractivity contribution in [1.29, 1.82) is 0 Å². The monoisotopic (exact) mass is 406 g/mol. The lowest BCUT2D eigenvalue weighted by Crippen LogP contribution is -2.38. The highest BCUT2D eigenvalue weighted by molar-refractivity contribution is 5.21. The molecule has 3 aromatic rings. The Morgan fingerprint density at radius 1 is 0.733 bits per heavy atom. The molecule has 2 N–H and O–H groups in total. The van der Waals surface area contributed by atoms with Crippen LogP contribution < -0.4 is 0 Å². The number of aliphatic hydroxyl groups excluding tert-OH is 2. The van der Waals surface area contributed by atoms with Crippen LogP contribution in [0.3, 0.4) is 0 Å². The standard InChI is InChI=1S/C25H26O5/c26-21-23(29-17-19-12-6-2-7-13-19)24(30-25(21)27)22(20-14-8-3-9-15-20)28-16-18-10-4-1-5-11-18/h1-15,21-27H,16-17H2/t21-,22-,23-,24-,25?/m1/s1. The van der Waals surface area contributed by atoms with E-state index in [1.807, 2.05) is 91.0 Å². The first kappa shape index (κ1) is 20.7. The molecular formula is C25H26O5. The minimum Gasteiger partial charge on any atom is -0.385 e. The van der Waals surface area contributed by atoms with Gasteiger partial charge >= 0.3 is 0 Å². The van der Waals surface area contributed by atoms with Crippen LogP contribution in [0, 0.1) is 0 Å². The Morgan fingerprint density at radius 3 is 1.87 bits per heavy atom. The van der Waals surface area contributed by atoms with Crippen molar-refractivity contribution in [2.75, 3.05) is 0 Å². The molecule has 0 aliphatic carbocycles. The Balaban J connectivity index is 1.55. The molecular weight excluding hydrogens is 380 g/mol. The lowest BCUT2D eigenvalue weighted by atomic mass is 9.98. The molecule has 4 rings (SSSR count). The van der Waals surface area contributed by atoms with Gasteiger partial charge in [0.15, 0.2) is 6.29 Å². The van der Waals surface area contributed by atoms with E-state index in [0.29, 0.717) is 13.2 Å². The van der Waals surface area contributed by atoms with E-state index in [0.717, 1.165) is 16.7 Å². The van der Waals surface area contributed by atoms with Gasteiger partial charge in [-0.3, -0.25) is 0 Å². The summed E-state index contributed by atoms with van der Waals surface area (Å²) in [4.78, 5) is 0. The Labute approximate surface area is 176 Å². The van der Waals surface area contributed by atoms with E-state index in [-0.39, 0.29) is 0 Å². The molecule has 0 saturated carbocycles. The first-order valence-corrected chi connectivity index (χ1v) is 10.1. The lowest BCUT2D eigenvalue weighted by molar-refractivity contribution is -0.160. The molecule has 1 fully saturated rings. The van der Waals surface area contributed by atoms with Crippen molar-refractivity contribution in [1.82, 2.24) is 0 Å². The summed E-state index contributed by atoms with van der Waals surface area (Å²) in [7, 11) is 0. The maximum absolute atomic E-state index is 10.5. The van der Waals surface area contributed by atoms with Gasteiger partial charge in [0.05, 0.1) is 13.2 Å². The smallest absolute Gasteiger partial charge is 0.184 e. The van der Waals surface area contributed by atoms with Gasteiger partial charge in [-0.1, -0.05) is 91.0 Å². The molecule has 1 heterocycles. The molecule has 3 aromatic carbocycles. The van der Waals surface area contributed by atoms with Crippen LogP contribution in [0.25, 0.3) is 0 Å². The molecule has 0 bridgehead atoms. The van der Waals surface area contributed by atoms with E-state index < -0.39 is 30.7 Å². The molecule has 5 nitrogen and oxygen atoms in total. The summed E-state index contributed by atoms with van der Waals surface area (Å²) in [5.74, 6) is 0. The topological polar surface area (TPSA) is 68.2 Å². The largest absolute Gasteiger partial charge is 0.385 e. The van der Waals surface area contributed by atoms with Crippen molar-refractivity contribution in [2.24, 2.45) is 0 Å². The molecule has 1 aliphatic heterocycles. The van der Waals surface area contributed by atoms with Crippen LogP contribution in [0.1, 0.15) is 22.8 Å². The molecule has 1 saturated heterocycles. The quantitative estimate of drug-likeness (QED) is 0.598. The van der Waals surface area contributed by atoms with Gasteiger partial charge in [0.25, 0.3) is 0 Å². The third-order valence-electron chi connectivity index (χ3n) is 5.23. The number of benzene rings is 3. The molecule has 0 spiro atoms. The molecule has 30 heavy (non-hydrogen) atoms. The fourth-order valence-corrected chi connectivity index (χ4v) is 3.66. The molecule has 0 radical (unpaired) electrons. The van der Waals surface area contributed by atoms with Crippen LogP contribution >= 0.6 is 0 Å². The van der Waals surface area contributed by atoms with Gasteiger partial charge in [-0.2, -0.15) is 0 Å². The van der Waals surface area contributed by atoms with Crippen molar-refractivity contribution < 1.29 is 24.4 Å².